The predicted octanol–water partition coefficient (Wildman–Crippen LogP) is 4.34. The monoisotopic (exact) mass is 475 g/mol. The number of nitrogens with one attached hydrogen (secondary N) is 1. The van der Waals surface area contributed by atoms with E-state index in [2.05, 4.69) is 5.32 Å². The molecule has 32 heavy (non-hydrogen) atoms. The van der Waals surface area contributed by atoms with E-state index in [1.54, 1.807) is 4.57 Å². The summed E-state index contributed by atoms with van der Waals surface area (Å²) in [4.78, 5) is 31.9. The van der Waals surface area contributed by atoms with Gasteiger partial charge in [-0.05, 0) is 64.4 Å². The standard InChI is InChI=1S/C23H29N3O4S2/c1-6-29-17-7-9-18(10-8-17)30-12-11-24-19(27)13-31-23-25-21-20(15(4)16(5)32-21)22(28)26(23)14(2)3/h7-10,14H,6,11-13H2,1-5H3,(H,24,27). The van der Waals surface area contributed by atoms with E-state index in [1.807, 2.05) is 58.9 Å². The Bertz CT molecular complexity index is 1140. The lowest BCUT2D eigenvalue weighted by molar-refractivity contribution is -0.118. The third kappa shape index (κ3) is 5.63. The number of thioether (sulfide) groups is 1. The summed E-state index contributed by atoms with van der Waals surface area (Å²) in [5, 5.41) is 4.10. The smallest absolute Gasteiger partial charge is 0.263 e. The highest BCUT2D eigenvalue weighted by Crippen LogP contribution is 2.29. The maximum absolute atomic E-state index is 13.1. The van der Waals surface area contributed by atoms with Gasteiger partial charge in [0.2, 0.25) is 5.91 Å². The van der Waals surface area contributed by atoms with Crippen LogP contribution in [0.2, 0.25) is 0 Å². The normalized spacial score (nSPS) is 11.2. The summed E-state index contributed by atoms with van der Waals surface area (Å²) < 4.78 is 12.7. The zero-order chi connectivity index (χ0) is 23.3. The zero-order valence-electron chi connectivity index (χ0n) is 19.1. The number of carbonyl (C=O) groups is 1. The van der Waals surface area contributed by atoms with Crippen LogP contribution < -0.4 is 20.3 Å². The van der Waals surface area contributed by atoms with Crippen molar-refractivity contribution in [3.63, 3.8) is 0 Å². The van der Waals surface area contributed by atoms with Gasteiger partial charge >= 0.3 is 0 Å². The first-order chi connectivity index (χ1) is 15.3. The molecule has 7 nitrogen and oxygen atoms in total. The average molecular weight is 476 g/mol. The maximum Gasteiger partial charge on any atom is 0.263 e. The number of carbonyl (C=O) groups excluding carboxylic acids is 1. The lowest BCUT2D eigenvalue weighted by atomic mass is 10.2. The van der Waals surface area contributed by atoms with E-state index in [0.717, 1.165) is 26.8 Å². The molecular formula is C23H29N3O4S2. The summed E-state index contributed by atoms with van der Waals surface area (Å²) in [5.41, 5.74) is 0.942. The van der Waals surface area contributed by atoms with Crippen LogP contribution in [0.15, 0.2) is 34.2 Å². The van der Waals surface area contributed by atoms with Crippen molar-refractivity contribution >= 4 is 39.2 Å². The Morgan fingerprint density at radius 1 is 1.19 bits per heavy atom. The van der Waals surface area contributed by atoms with Gasteiger partial charge in [-0.1, -0.05) is 11.8 Å². The third-order valence-corrected chi connectivity index (χ3v) is 6.93. The van der Waals surface area contributed by atoms with Gasteiger partial charge in [-0.15, -0.1) is 11.3 Å². The van der Waals surface area contributed by atoms with Crippen LogP contribution >= 0.6 is 23.1 Å². The van der Waals surface area contributed by atoms with Crippen molar-refractivity contribution in [2.45, 2.75) is 45.8 Å². The lowest BCUT2D eigenvalue weighted by Gasteiger charge is -2.15. The van der Waals surface area contributed by atoms with E-state index in [1.165, 1.54) is 23.1 Å². The van der Waals surface area contributed by atoms with Gasteiger partial charge in [-0.25, -0.2) is 4.98 Å². The SMILES string of the molecule is CCOc1ccc(OCCNC(=O)CSc2nc3sc(C)c(C)c3c(=O)n2C(C)C)cc1. The molecule has 1 N–H and O–H groups in total. The highest BCUT2D eigenvalue weighted by atomic mass is 32.2. The van der Waals surface area contributed by atoms with Crippen molar-refractivity contribution in [2.75, 3.05) is 25.5 Å². The molecule has 0 fully saturated rings. The van der Waals surface area contributed by atoms with Gasteiger partial charge in [0.1, 0.15) is 22.9 Å². The van der Waals surface area contributed by atoms with E-state index < -0.39 is 0 Å². The number of aryl methyl sites for hydroxylation is 2. The molecule has 0 saturated heterocycles. The second-order valence-electron chi connectivity index (χ2n) is 7.52. The van der Waals surface area contributed by atoms with Gasteiger partial charge in [-0.3, -0.25) is 14.2 Å². The van der Waals surface area contributed by atoms with Crippen LogP contribution in [0.25, 0.3) is 10.2 Å². The molecule has 0 radical (unpaired) electrons. The minimum atomic E-state index is -0.131. The molecule has 2 aromatic heterocycles. The number of thiophene rings is 1. The van der Waals surface area contributed by atoms with E-state index in [-0.39, 0.29) is 23.3 Å². The number of rotatable bonds is 10. The van der Waals surface area contributed by atoms with Crippen LogP contribution in [0.3, 0.4) is 0 Å². The lowest BCUT2D eigenvalue weighted by Crippen LogP contribution is -2.30. The molecule has 172 valence electrons. The summed E-state index contributed by atoms with van der Waals surface area (Å²) in [5.74, 6) is 1.56. The van der Waals surface area contributed by atoms with E-state index >= 15 is 0 Å². The number of nitrogens with zero attached hydrogens (tertiary/aromatic N) is 2. The Morgan fingerprint density at radius 3 is 2.47 bits per heavy atom. The highest BCUT2D eigenvalue weighted by Gasteiger charge is 2.19. The summed E-state index contributed by atoms with van der Waals surface area (Å²) in [6.45, 7) is 11.2. The number of benzene rings is 1. The summed E-state index contributed by atoms with van der Waals surface area (Å²) in [6.07, 6.45) is 0. The Morgan fingerprint density at radius 2 is 1.84 bits per heavy atom. The molecule has 0 saturated carbocycles. The minimum Gasteiger partial charge on any atom is -0.494 e. The largest absolute Gasteiger partial charge is 0.494 e. The van der Waals surface area contributed by atoms with Crippen molar-refractivity contribution in [3.05, 3.63) is 45.1 Å². The van der Waals surface area contributed by atoms with E-state index in [9.17, 15) is 9.59 Å². The zero-order valence-corrected chi connectivity index (χ0v) is 20.7. The van der Waals surface area contributed by atoms with E-state index in [4.69, 9.17) is 14.5 Å². The average Bonchev–Trinajstić information content (AvgIpc) is 3.04. The molecule has 9 heteroatoms. The quantitative estimate of drug-likeness (QED) is 0.267. The van der Waals surface area contributed by atoms with Crippen molar-refractivity contribution in [3.8, 4) is 11.5 Å². The van der Waals surface area contributed by atoms with Crippen LogP contribution in [0.1, 0.15) is 37.3 Å². The van der Waals surface area contributed by atoms with Crippen molar-refractivity contribution in [1.29, 1.82) is 0 Å². The summed E-state index contributed by atoms with van der Waals surface area (Å²) in [7, 11) is 0. The number of ether oxygens (including phenoxy) is 2. The molecule has 1 aromatic carbocycles. The topological polar surface area (TPSA) is 82.5 Å². The fourth-order valence-corrected chi connectivity index (χ4v) is 5.21. The molecule has 2 heterocycles. The van der Waals surface area contributed by atoms with Gasteiger partial charge in [-0.2, -0.15) is 0 Å². The Balaban J connectivity index is 1.55. The van der Waals surface area contributed by atoms with E-state index in [0.29, 0.717) is 30.3 Å². The van der Waals surface area contributed by atoms with Crippen molar-refractivity contribution in [1.82, 2.24) is 14.9 Å². The molecule has 0 unspecified atom stereocenters. The van der Waals surface area contributed by atoms with Gasteiger partial charge < -0.3 is 14.8 Å². The first kappa shape index (κ1) is 24.1. The molecule has 3 aromatic rings. The second kappa shape index (κ2) is 10.9. The fourth-order valence-electron chi connectivity index (χ4n) is 3.18. The fraction of sp³-hybridized carbons (Fsp3) is 0.435. The Kier molecular flexibility index (Phi) is 8.20. The molecular weight excluding hydrogens is 446 g/mol. The number of hydrogen-bond acceptors (Lipinski definition) is 7. The van der Waals surface area contributed by atoms with Crippen LogP contribution in [0, 0.1) is 13.8 Å². The highest BCUT2D eigenvalue weighted by molar-refractivity contribution is 7.99. The van der Waals surface area contributed by atoms with Crippen LogP contribution in [-0.4, -0.2) is 41.0 Å². The van der Waals surface area contributed by atoms with Crippen LogP contribution in [0.5, 0.6) is 11.5 Å². The first-order valence-electron chi connectivity index (χ1n) is 10.6. The van der Waals surface area contributed by atoms with Crippen molar-refractivity contribution in [2.24, 2.45) is 0 Å². The van der Waals surface area contributed by atoms with Gasteiger partial charge in [0.05, 0.1) is 24.3 Å². The summed E-state index contributed by atoms with van der Waals surface area (Å²) in [6, 6.07) is 7.32. The van der Waals surface area contributed by atoms with Gasteiger partial charge in [0.25, 0.3) is 5.56 Å². The van der Waals surface area contributed by atoms with Gasteiger partial charge in [0, 0.05) is 10.9 Å². The molecule has 0 bridgehead atoms. The number of amides is 1. The molecule has 0 aliphatic heterocycles. The molecule has 0 aliphatic carbocycles. The molecule has 0 aliphatic rings. The minimum absolute atomic E-state index is 0.0430. The van der Waals surface area contributed by atoms with Crippen LogP contribution in [-0.2, 0) is 4.79 Å². The second-order valence-corrected chi connectivity index (χ2v) is 9.66. The maximum atomic E-state index is 13.1. The molecule has 3 rings (SSSR count). The van der Waals surface area contributed by atoms with Gasteiger partial charge in [0.15, 0.2) is 5.16 Å². The Hall–Kier alpha value is -2.52. The number of hydrogen-bond donors (Lipinski definition) is 1. The Labute approximate surface area is 196 Å². The number of fused-ring (bicyclic) bond motifs is 1. The third-order valence-electron chi connectivity index (χ3n) is 4.88. The van der Waals surface area contributed by atoms with Crippen molar-refractivity contribution < 1.29 is 14.3 Å². The summed E-state index contributed by atoms with van der Waals surface area (Å²) >= 11 is 2.80. The number of aromatic nitrogens is 2. The molecule has 0 spiro atoms. The molecule has 1 amide bonds. The molecule has 0 atom stereocenters. The predicted molar refractivity (Wildman–Crippen MR) is 131 cm³/mol. The first-order valence-corrected chi connectivity index (χ1v) is 12.4. The van der Waals surface area contributed by atoms with Crippen LogP contribution in [0.4, 0.5) is 0 Å².